The molecule has 1 aliphatic rings. The van der Waals surface area contributed by atoms with Gasteiger partial charge in [0.05, 0.1) is 7.11 Å². The van der Waals surface area contributed by atoms with Crippen LogP contribution in [0.2, 0.25) is 0 Å². The van der Waals surface area contributed by atoms with Crippen molar-refractivity contribution in [1.82, 2.24) is 4.90 Å². The summed E-state index contributed by atoms with van der Waals surface area (Å²) in [5.74, 6) is -1.07. The number of piperidine rings is 1. The quantitative estimate of drug-likeness (QED) is 0.360. The number of methoxy groups -OCH3 is 1. The van der Waals surface area contributed by atoms with Gasteiger partial charge in [-0.2, -0.15) is 0 Å². The van der Waals surface area contributed by atoms with Crippen molar-refractivity contribution in [3.63, 3.8) is 0 Å². The maximum absolute atomic E-state index is 12.6. The van der Waals surface area contributed by atoms with Gasteiger partial charge in [-0.1, -0.05) is 19.1 Å². The van der Waals surface area contributed by atoms with E-state index in [9.17, 15) is 14.4 Å². The molecule has 0 atom stereocenters. The lowest BCUT2D eigenvalue weighted by Gasteiger charge is -2.41. The van der Waals surface area contributed by atoms with Crippen LogP contribution in [0.25, 0.3) is 0 Å². The number of carbonyl (C=O) groups is 3. The van der Waals surface area contributed by atoms with E-state index in [0.29, 0.717) is 50.0 Å². The number of anilines is 1. The van der Waals surface area contributed by atoms with Crippen LogP contribution in [-0.2, 0) is 14.3 Å². The summed E-state index contributed by atoms with van der Waals surface area (Å²) in [6, 6.07) is 7.26. The molecule has 1 saturated heterocycles. The topological polar surface area (TPSA) is 95.9 Å². The Morgan fingerprint density at radius 3 is 2.46 bits per heavy atom. The van der Waals surface area contributed by atoms with Crippen LogP contribution in [-0.4, -0.2) is 60.0 Å². The number of unbranched alkanes of at least 4 members (excludes halogenated alkanes) is 1. The fourth-order valence-electron chi connectivity index (χ4n) is 3.63. The second kappa shape index (κ2) is 10.2. The minimum absolute atomic E-state index is 0.0268. The van der Waals surface area contributed by atoms with Crippen molar-refractivity contribution in [2.75, 3.05) is 32.1 Å². The Bertz CT molecular complexity index is 696. The molecule has 0 aromatic heterocycles. The number of aliphatic carboxylic acids is 1. The second-order valence-corrected chi connectivity index (χ2v) is 7.21. The highest BCUT2D eigenvalue weighted by molar-refractivity contribution is 6.01. The summed E-state index contributed by atoms with van der Waals surface area (Å²) >= 11 is 0. The maximum Gasteiger partial charge on any atom is 0.331 e. The van der Waals surface area contributed by atoms with Crippen molar-refractivity contribution in [2.24, 2.45) is 0 Å². The van der Waals surface area contributed by atoms with Gasteiger partial charge in [-0.05, 0) is 44.4 Å². The predicted octanol–water partition coefficient (Wildman–Crippen LogP) is 2.95. The smallest absolute Gasteiger partial charge is 0.331 e. The van der Waals surface area contributed by atoms with Gasteiger partial charge in [0, 0.05) is 37.2 Å². The number of para-hydroxylation sites is 1. The molecule has 1 heterocycles. The number of hydrogen-bond donors (Lipinski definition) is 2. The molecular formula is C21H30N2O5. The zero-order chi connectivity index (χ0) is 20.6. The Labute approximate surface area is 166 Å². The van der Waals surface area contributed by atoms with Crippen molar-refractivity contribution in [3.8, 4) is 0 Å². The second-order valence-electron chi connectivity index (χ2n) is 7.21. The molecule has 0 amide bonds. The third kappa shape index (κ3) is 5.55. The van der Waals surface area contributed by atoms with Gasteiger partial charge >= 0.3 is 11.9 Å². The van der Waals surface area contributed by atoms with Crippen molar-refractivity contribution < 1.29 is 24.2 Å². The largest absolute Gasteiger partial charge is 0.481 e. The number of hydrogen-bond acceptors (Lipinski definition) is 6. The van der Waals surface area contributed by atoms with Gasteiger partial charge in [-0.25, -0.2) is 4.79 Å². The molecule has 0 saturated carbocycles. The van der Waals surface area contributed by atoms with Crippen LogP contribution < -0.4 is 5.32 Å². The Hall–Kier alpha value is -2.41. The molecule has 1 fully saturated rings. The number of esters is 1. The van der Waals surface area contributed by atoms with E-state index >= 15 is 0 Å². The van der Waals surface area contributed by atoms with E-state index in [2.05, 4.69) is 10.2 Å². The van der Waals surface area contributed by atoms with E-state index in [0.717, 1.165) is 13.0 Å². The van der Waals surface area contributed by atoms with Gasteiger partial charge in [0.2, 0.25) is 0 Å². The monoisotopic (exact) mass is 390 g/mol. The maximum atomic E-state index is 12.6. The standard InChI is InChI=1S/C21H30N2O5/c1-3-18(24)16-8-4-5-9-17(16)22-21(20(27)28-2)11-14-23(15-12-21)13-7-6-10-19(25)26/h4-5,8-9,22H,3,6-7,10-15H2,1-2H3,(H,25,26). The first-order valence-electron chi connectivity index (χ1n) is 9.85. The van der Waals surface area contributed by atoms with Gasteiger partial charge in [0.15, 0.2) is 5.78 Å². The van der Waals surface area contributed by atoms with Gasteiger partial charge in [0.25, 0.3) is 0 Å². The molecule has 0 spiro atoms. The molecule has 0 radical (unpaired) electrons. The Balaban J connectivity index is 2.06. The van der Waals surface area contributed by atoms with Gasteiger partial charge in [0.1, 0.15) is 5.54 Å². The van der Waals surface area contributed by atoms with Crippen molar-refractivity contribution >= 4 is 23.4 Å². The number of likely N-dealkylation sites (tertiary alicyclic amines) is 1. The lowest BCUT2D eigenvalue weighted by molar-refractivity contribution is -0.148. The van der Waals surface area contributed by atoms with Crippen LogP contribution in [0.5, 0.6) is 0 Å². The molecule has 28 heavy (non-hydrogen) atoms. The van der Waals surface area contributed by atoms with E-state index in [1.54, 1.807) is 6.07 Å². The van der Waals surface area contributed by atoms with Crippen molar-refractivity contribution in [3.05, 3.63) is 29.8 Å². The predicted molar refractivity (Wildman–Crippen MR) is 107 cm³/mol. The zero-order valence-corrected chi connectivity index (χ0v) is 16.7. The van der Waals surface area contributed by atoms with E-state index < -0.39 is 11.5 Å². The Kier molecular flexibility index (Phi) is 7.99. The van der Waals surface area contributed by atoms with Crippen molar-refractivity contribution in [2.45, 2.75) is 51.0 Å². The Morgan fingerprint density at radius 1 is 1.18 bits per heavy atom. The third-order valence-electron chi connectivity index (χ3n) is 5.32. The minimum atomic E-state index is -0.865. The lowest BCUT2D eigenvalue weighted by Crippen LogP contribution is -2.55. The zero-order valence-electron chi connectivity index (χ0n) is 16.7. The van der Waals surface area contributed by atoms with E-state index in [1.807, 2.05) is 25.1 Å². The molecule has 2 N–H and O–H groups in total. The number of carboxylic acids is 1. The summed E-state index contributed by atoms with van der Waals surface area (Å²) in [5.41, 5.74) is 0.384. The summed E-state index contributed by atoms with van der Waals surface area (Å²) < 4.78 is 5.08. The van der Waals surface area contributed by atoms with Crippen LogP contribution in [0.15, 0.2) is 24.3 Å². The molecule has 0 unspecified atom stereocenters. The molecule has 7 heteroatoms. The number of nitrogens with one attached hydrogen (secondary N) is 1. The van der Waals surface area contributed by atoms with E-state index in [1.165, 1.54) is 7.11 Å². The van der Waals surface area contributed by atoms with Crippen LogP contribution in [0.3, 0.4) is 0 Å². The summed E-state index contributed by atoms with van der Waals surface area (Å²) in [6.45, 7) is 4.05. The molecule has 1 aliphatic heterocycles. The molecule has 0 bridgehead atoms. The molecular weight excluding hydrogens is 360 g/mol. The van der Waals surface area contributed by atoms with E-state index in [-0.39, 0.29) is 18.2 Å². The van der Waals surface area contributed by atoms with Crippen molar-refractivity contribution in [1.29, 1.82) is 0 Å². The number of nitrogens with zero attached hydrogens (tertiary/aromatic N) is 1. The average Bonchev–Trinajstić information content (AvgIpc) is 2.71. The Morgan fingerprint density at radius 2 is 1.86 bits per heavy atom. The van der Waals surface area contributed by atoms with Crippen LogP contribution >= 0.6 is 0 Å². The number of Topliss-reactive ketones (excluding diaryl/α,β-unsaturated/α-hetero) is 1. The van der Waals surface area contributed by atoms with Gasteiger partial charge in [-0.3, -0.25) is 9.59 Å². The number of benzene rings is 1. The first-order chi connectivity index (χ1) is 13.4. The molecule has 1 aromatic rings. The highest BCUT2D eigenvalue weighted by atomic mass is 16.5. The molecule has 154 valence electrons. The first-order valence-corrected chi connectivity index (χ1v) is 9.85. The summed E-state index contributed by atoms with van der Waals surface area (Å²) in [6.07, 6.45) is 3.18. The molecule has 2 rings (SSSR count). The molecule has 0 aliphatic carbocycles. The molecule has 7 nitrogen and oxygen atoms in total. The third-order valence-corrected chi connectivity index (χ3v) is 5.32. The first kappa shape index (κ1) is 21.9. The van der Waals surface area contributed by atoms with Crippen LogP contribution in [0.4, 0.5) is 5.69 Å². The fraction of sp³-hybridized carbons (Fsp3) is 0.571. The molecule has 1 aromatic carbocycles. The number of ketones is 1. The number of carboxylic acid groups (broad SMARTS) is 1. The van der Waals surface area contributed by atoms with Gasteiger partial charge < -0.3 is 20.1 Å². The summed E-state index contributed by atoms with van der Waals surface area (Å²) in [7, 11) is 1.38. The highest BCUT2D eigenvalue weighted by Gasteiger charge is 2.42. The number of carbonyl (C=O) groups excluding carboxylic acids is 2. The number of rotatable bonds is 10. The number of ether oxygens (including phenoxy) is 1. The lowest BCUT2D eigenvalue weighted by atomic mass is 9.86. The summed E-state index contributed by atoms with van der Waals surface area (Å²) in [5, 5.41) is 12.1. The minimum Gasteiger partial charge on any atom is -0.481 e. The normalized spacial score (nSPS) is 16.4. The van der Waals surface area contributed by atoms with Crippen LogP contribution in [0.1, 0.15) is 55.8 Å². The SMILES string of the molecule is CCC(=O)c1ccccc1NC1(C(=O)OC)CCN(CCCCC(=O)O)CC1. The average molecular weight is 390 g/mol. The summed E-state index contributed by atoms with van der Waals surface area (Å²) in [4.78, 5) is 37.8. The highest BCUT2D eigenvalue weighted by Crippen LogP contribution is 2.30. The fourth-order valence-corrected chi connectivity index (χ4v) is 3.63. The van der Waals surface area contributed by atoms with Crippen LogP contribution in [0, 0.1) is 0 Å². The van der Waals surface area contributed by atoms with E-state index in [4.69, 9.17) is 9.84 Å². The van der Waals surface area contributed by atoms with Gasteiger partial charge in [-0.15, -0.1) is 0 Å².